The Bertz CT molecular complexity index is 991. The number of nitrogens with one attached hydrogen (secondary N) is 1. The molecule has 3 rings (SSSR count). The van der Waals surface area contributed by atoms with E-state index in [0.29, 0.717) is 11.4 Å². The second-order valence-electron chi connectivity index (χ2n) is 6.79. The van der Waals surface area contributed by atoms with Gasteiger partial charge in [-0.25, -0.2) is 0 Å². The number of amides is 3. The van der Waals surface area contributed by atoms with Crippen molar-refractivity contribution in [3.63, 3.8) is 0 Å². The predicted molar refractivity (Wildman–Crippen MR) is 111 cm³/mol. The van der Waals surface area contributed by atoms with E-state index in [0.717, 1.165) is 39.0 Å². The molecule has 0 unspecified atom stereocenters. The average Bonchev–Trinajstić information content (AvgIpc) is 2.85. The minimum Gasteiger partial charge on any atom is -0.324 e. The quantitative estimate of drug-likeness (QED) is 0.792. The molecule has 1 fully saturated rings. The summed E-state index contributed by atoms with van der Waals surface area (Å²) in [6.07, 6.45) is 1.57. The Labute approximate surface area is 168 Å². The van der Waals surface area contributed by atoms with Gasteiger partial charge in [-0.15, -0.1) is 0 Å². The minimum atomic E-state index is -0.481. The third-order valence-corrected chi connectivity index (χ3v) is 5.21. The molecule has 1 aromatic heterocycles. The molecule has 0 aliphatic carbocycles. The van der Waals surface area contributed by atoms with Gasteiger partial charge in [0.15, 0.2) is 0 Å². The Balaban J connectivity index is 1.73. The number of carbonyl (C=O) groups excluding carboxylic acids is 3. The highest BCUT2D eigenvalue weighted by atomic mass is 32.2. The molecule has 28 heavy (non-hydrogen) atoms. The van der Waals surface area contributed by atoms with Crippen LogP contribution in [0.1, 0.15) is 28.1 Å². The Morgan fingerprint density at radius 2 is 1.82 bits per heavy atom. The lowest BCUT2D eigenvalue weighted by Gasteiger charge is -2.15. The summed E-state index contributed by atoms with van der Waals surface area (Å²) in [6, 6.07) is 9.39. The third kappa shape index (κ3) is 4.31. The number of hydrogen-bond acceptors (Lipinski definition) is 5. The second-order valence-corrected chi connectivity index (χ2v) is 7.79. The fourth-order valence-electron chi connectivity index (χ4n) is 3.11. The molecule has 3 amide bonds. The van der Waals surface area contributed by atoms with E-state index in [1.165, 1.54) is 0 Å². The van der Waals surface area contributed by atoms with Gasteiger partial charge in [0.2, 0.25) is 5.91 Å². The van der Waals surface area contributed by atoms with Crippen molar-refractivity contribution in [1.82, 2.24) is 9.88 Å². The van der Waals surface area contributed by atoms with Gasteiger partial charge in [0, 0.05) is 11.4 Å². The molecule has 1 aromatic carbocycles. The highest BCUT2D eigenvalue weighted by Crippen LogP contribution is 2.32. The van der Waals surface area contributed by atoms with E-state index in [9.17, 15) is 14.4 Å². The van der Waals surface area contributed by atoms with Crippen molar-refractivity contribution in [2.75, 3.05) is 11.9 Å². The number of pyridine rings is 1. The van der Waals surface area contributed by atoms with Crippen LogP contribution >= 0.6 is 11.8 Å². The first-order valence-corrected chi connectivity index (χ1v) is 9.63. The van der Waals surface area contributed by atoms with Crippen molar-refractivity contribution in [3.8, 4) is 0 Å². The predicted octanol–water partition coefficient (Wildman–Crippen LogP) is 3.99. The lowest BCUT2D eigenvalue weighted by Crippen LogP contribution is -2.36. The maximum Gasteiger partial charge on any atom is 0.294 e. The van der Waals surface area contributed by atoms with E-state index in [1.807, 2.05) is 52.0 Å². The summed E-state index contributed by atoms with van der Waals surface area (Å²) in [6.45, 7) is 7.33. The molecule has 0 saturated carbocycles. The van der Waals surface area contributed by atoms with Crippen LogP contribution in [0.3, 0.4) is 0 Å². The molecule has 0 spiro atoms. The molecular weight excluding hydrogens is 374 g/mol. The van der Waals surface area contributed by atoms with Crippen LogP contribution < -0.4 is 5.32 Å². The van der Waals surface area contributed by atoms with Crippen molar-refractivity contribution in [1.29, 1.82) is 0 Å². The SMILES string of the molecule is Cc1cc(C)c(NC(=O)CN2C(=O)S/C(=C/c3cccc(C)n3)C2=O)c(C)c1. The molecule has 1 aliphatic rings. The summed E-state index contributed by atoms with van der Waals surface area (Å²) in [5.74, 6) is -0.891. The molecule has 0 radical (unpaired) electrons. The van der Waals surface area contributed by atoms with Crippen LogP contribution in [0.25, 0.3) is 6.08 Å². The molecule has 2 aromatic rings. The normalized spacial score (nSPS) is 15.4. The van der Waals surface area contributed by atoms with E-state index in [4.69, 9.17) is 0 Å². The molecular formula is C21H21N3O3S. The minimum absolute atomic E-state index is 0.263. The zero-order valence-electron chi connectivity index (χ0n) is 16.2. The van der Waals surface area contributed by atoms with E-state index in [-0.39, 0.29) is 11.4 Å². The van der Waals surface area contributed by atoms with Crippen molar-refractivity contribution < 1.29 is 14.4 Å². The summed E-state index contributed by atoms with van der Waals surface area (Å²) < 4.78 is 0. The first-order chi connectivity index (χ1) is 13.2. The summed E-state index contributed by atoms with van der Waals surface area (Å²) in [5, 5.41) is 2.36. The van der Waals surface area contributed by atoms with Crippen molar-refractivity contribution in [2.24, 2.45) is 0 Å². The summed E-state index contributed by atoms with van der Waals surface area (Å²) >= 11 is 0.818. The van der Waals surface area contributed by atoms with Crippen LogP contribution in [0.15, 0.2) is 35.2 Å². The number of anilines is 1. The number of aryl methyl sites for hydroxylation is 4. The van der Waals surface area contributed by atoms with Gasteiger partial charge in [-0.05, 0) is 68.8 Å². The first kappa shape index (κ1) is 19.8. The van der Waals surface area contributed by atoms with Crippen LogP contribution in [-0.2, 0) is 9.59 Å². The Hall–Kier alpha value is -2.93. The van der Waals surface area contributed by atoms with Crippen molar-refractivity contribution in [3.05, 3.63) is 63.3 Å². The highest BCUT2D eigenvalue weighted by molar-refractivity contribution is 8.18. The van der Waals surface area contributed by atoms with Crippen LogP contribution in [-0.4, -0.2) is 33.5 Å². The number of hydrogen-bond donors (Lipinski definition) is 1. The van der Waals surface area contributed by atoms with Gasteiger partial charge in [-0.3, -0.25) is 24.3 Å². The highest BCUT2D eigenvalue weighted by Gasteiger charge is 2.36. The van der Waals surface area contributed by atoms with E-state index in [1.54, 1.807) is 12.1 Å². The number of nitrogens with zero attached hydrogens (tertiary/aromatic N) is 2. The number of benzene rings is 1. The largest absolute Gasteiger partial charge is 0.324 e. The van der Waals surface area contributed by atoms with Gasteiger partial charge >= 0.3 is 0 Å². The molecule has 2 heterocycles. The van der Waals surface area contributed by atoms with E-state index >= 15 is 0 Å². The van der Waals surface area contributed by atoms with Crippen molar-refractivity contribution >= 4 is 40.6 Å². The molecule has 144 valence electrons. The zero-order valence-corrected chi connectivity index (χ0v) is 17.0. The summed E-state index contributed by atoms with van der Waals surface area (Å²) in [4.78, 5) is 42.8. The van der Waals surface area contributed by atoms with Crippen LogP contribution in [0, 0.1) is 27.7 Å². The number of carbonyl (C=O) groups is 3. The fourth-order valence-corrected chi connectivity index (χ4v) is 3.94. The Kier molecular flexibility index (Phi) is 5.65. The van der Waals surface area contributed by atoms with E-state index < -0.39 is 17.1 Å². The third-order valence-electron chi connectivity index (χ3n) is 4.31. The van der Waals surface area contributed by atoms with Crippen LogP contribution in [0.2, 0.25) is 0 Å². The summed E-state index contributed by atoms with van der Waals surface area (Å²) in [5.41, 5.74) is 5.10. The van der Waals surface area contributed by atoms with E-state index in [2.05, 4.69) is 10.3 Å². The van der Waals surface area contributed by atoms with Gasteiger partial charge in [0.25, 0.3) is 11.1 Å². The second kappa shape index (κ2) is 7.98. The molecule has 6 nitrogen and oxygen atoms in total. The molecule has 0 atom stereocenters. The standard InChI is InChI=1S/C21H21N3O3S/c1-12-8-13(2)19(14(3)9-12)23-18(25)11-24-20(26)17(28-21(24)27)10-16-7-5-6-15(4)22-16/h5-10H,11H2,1-4H3,(H,23,25)/b17-10+. The smallest absolute Gasteiger partial charge is 0.294 e. The molecule has 1 aliphatic heterocycles. The Morgan fingerprint density at radius 1 is 1.14 bits per heavy atom. The number of rotatable bonds is 4. The maximum atomic E-state index is 12.6. The molecule has 1 saturated heterocycles. The van der Waals surface area contributed by atoms with Gasteiger partial charge in [-0.2, -0.15) is 0 Å². The lowest BCUT2D eigenvalue weighted by molar-refractivity contribution is -0.127. The monoisotopic (exact) mass is 395 g/mol. The molecule has 7 heteroatoms. The topological polar surface area (TPSA) is 79.4 Å². The van der Waals surface area contributed by atoms with Gasteiger partial charge in [0.05, 0.1) is 10.6 Å². The first-order valence-electron chi connectivity index (χ1n) is 8.81. The van der Waals surface area contributed by atoms with Gasteiger partial charge in [-0.1, -0.05) is 23.8 Å². The van der Waals surface area contributed by atoms with Crippen LogP contribution in [0.5, 0.6) is 0 Å². The summed E-state index contributed by atoms with van der Waals surface area (Å²) in [7, 11) is 0. The lowest BCUT2D eigenvalue weighted by atomic mass is 10.1. The number of thioether (sulfide) groups is 1. The Morgan fingerprint density at radius 3 is 2.46 bits per heavy atom. The molecule has 0 bridgehead atoms. The molecule has 1 N–H and O–H groups in total. The van der Waals surface area contributed by atoms with Gasteiger partial charge < -0.3 is 5.32 Å². The maximum absolute atomic E-state index is 12.6. The average molecular weight is 395 g/mol. The van der Waals surface area contributed by atoms with Crippen molar-refractivity contribution in [2.45, 2.75) is 27.7 Å². The number of imide groups is 1. The number of aromatic nitrogens is 1. The zero-order chi connectivity index (χ0) is 20.4. The van der Waals surface area contributed by atoms with Gasteiger partial charge in [0.1, 0.15) is 6.54 Å². The van der Waals surface area contributed by atoms with Crippen LogP contribution in [0.4, 0.5) is 10.5 Å². The fraction of sp³-hybridized carbons (Fsp3) is 0.238.